The van der Waals surface area contributed by atoms with Crippen molar-refractivity contribution in [1.29, 1.82) is 0 Å². The second-order valence-corrected chi connectivity index (χ2v) is 10.6. The molecule has 0 aromatic heterocycles. The van der Waals surface area contributed by atoms with E-state index in [9.17, 15) is 14.7 Å². The zero-order chi connectivity index (χ0) is 33.2. The van der Waals surface area contributed by atoms with Crippen LogP contribution in [0.5, 0.6) is 23.0 Å². The summed E-state index contributed by atoms with van der Waals surface area (Å²) in [5.41, 5.74) is 6.60. The van der Waals surface area contributed by atoms with Crippen molar-refractivity contribution in [3.8, 4) is 23.0 Å². The summed E-state index contributed by atoms with van der Waals surface area (Å²) in [5.74, 6) is 0.969. The van der Waals surface area contributed by atoms with Gasteiger partial charge < -0.3 is 39.4 Å². The van der Waals surface area contributed by atoms with Crippen molar-refractivity contribution in [1.82, 2.24) is 16.1 Å². The third kappa shape index (κ3) is 8.61. The van der Waals surface area contributed by atoms with Crippen molar-refractivity contribution in [2.24, 2.45) is 5.10 Å². The summed E-state index contributed by atoms with van der Waals surface area (Å²) in [4.78, 5) is 24.6. The smallest absolute Gasteiger partial charge is 0.337 e. The van der Waals surface area contributed by atoms with Gasteiger partial charge in [0.25, 0.3) is 0 Å². The van der Waals surface area contributed by atoms with Gasteiger partial charge in [-0.2, -0.15) is 5.10 Å². The molecule has 4 rings (SSSR count). The van der Waals surface area contributed by atoms with Gasteiger partial charge in [-0.3, -0.25) is 5.43 Å². The molecule has 2 amide bonds. The van der Waals surface area contributed by atoms with E-state index in [0.29, 0.717) is 58.1 Å². The number of benzene rings is 3. The molecule has 0 spiro atoms. The van der Waals surface area contributed by atoms with Crippen molar-refractivity contribution in [2.45, 2.75) is 39.6 Å². The third-order valence-electron chi connectivity index (χ3n) is 6.86. The monoisotopic (exact) mass is 652 g/mol. The molecule has 1 aliphatic heterocycles. The van der Waals surface area contributed by atoms with Crippen molar-refractivity contribution >= 4 is 29.8 Å². The Bertz CT molecular complexity index is 1610. The highest BCUT2D eigenvalue weighted by Gasteiger charge is 2.32. The lowest BCUT2D eigenvalue weighted by Crippen LogP contribution is -2.45. The van der Waals surface area contributed by atoms with Crippen LogP contribution in [-0.4, -0.2) is 57.0 Å². The van der Waals surface area contributed by atoms with Crippen LogP contribution in [0.2, 0.25) is 5.02 Å². The summed E-state index contributed by atoms with van der Waals surface area (Å²) in [6.45, 7) is 5.92. The van der Waals surface area contributed by atoms with Crippen LogP contribution in [-0.2, 0) is 16.1 Å². The number of nitrogens with one attached hydrogen (secondary N) is 3. The second kappa shape index (κ2) is 15.9. The van der Waals surface area contributed by atoms with Crippen LogP contribution in [0.15, 0.2) is 71.0 Å². The lowest BCUT2D eigenvalue weighted by Gasteiger charge is -2.28. The van der Waals surface area contributed by atoms with Crippen LogP contribution in [0.3, 0.4) is 0 Å². The van der Waals surface area contributed by atoms with E-state index in [1.165, 1.54) is 20.4 Å². The largest absolute Gasteiger partial charge is 0.493 e. The van der Waals surface area contributed by atoms with Crippen LogP contribution in [0.1, 0.15) is 42.1 Å². The molecule has 0 aliphatic carbocycles. The van der Waals surface area contributed by atoms with Crippen LogP contribution >= 0.6 is 11.6 Å². The first-order valence-corrected chi connectivity index (χ1v) is 14.8. The molecule has 3 aromatic carbocycles. The molecule has 0 saturated carbocycles. The van der Waals surface area contributed by atoms with E-state index in [4.69, 9.17) is 35.3 Å². The highest BCUT2D eigenvalue weighted by molar-refractivity contribution is 6.32. The number of amides is 2. The highest BCUT2D eigenvalue weighted by atomic mass is 35.5. The average Bonchev–Trinajstić information content (AvgIpc) is 3.03. The summed E-state index contributed by atoms with van der Waals surface area (Å²) in [7, 11) is 2.79. The number of hydrazone groups is 1. The van der Waals surface area contributed by atoms with E-state index < -0.39 is 24.3 Å². The fourth-order valence-electron chi connectivity index (χ4n) is 4.61. The summed E-state index contributed by atoms with van der Waals surface area (Å²) < 4.78 is 27.9. The van der Waals surface area contributed by atoms with Gasteiger partial charge in [-0.25, -0.2) is 9.59 Å². The molecule has 0 fully saturated rings. The molecule has 46 heavy (non-hydrogen) atoms. The molecule has 4 N–H and O–H groups in total. The minimum absolute atomic E-state index is 0.177. The lowest BCUT2D eigenvalue weighted by atomic mass is 9.95. The first kappa shape index (κ1) is 33.9. The Labute approximate surface area is 272 Å². The van der Waals surface area contributed by atoms with Crippen molar-refractivity contribution in [3.05, 3.63) is 93.1 Å². The molecule has 0 bridgehead atoms. The van der Waals surface area contributed by atoms with E-state index in [1.54, 1.807) is 37.3 Å². The van der Waals surface area contributed by atoms with Crippen molar-refractivity contribution < 1.29 is 38.4 Å². The maximum atomic E-state index is 12.5. The summed E-state index contributed by atoms with van der Waals surface area (Å²) >= 11 is 6.49. The molecular formula is C33H37ClN4O8. The minimum Gasteiger partial charge on any atom is -0.493 e. The Balaban J connectivity index is 1.38. The second-order valence-electron chi connectivity index (χ2n) is 10.2. The van der Waals surface area contributed by atoms with Gasteiger partial charge in [0.2, 0.25) is 0 Å². The molecule has 244 valence electrons. The number of hydrogen-bond acceptors (Lipinski definition) is 10. The zero-order valence-electron chi connectivity index (χ0n) is 26.2. The number of halogens is 1. The summed E-state index contributed by atoms with van der Waals surface area (Å²) in [6, 6.07) is 15.1. The Kier molecular flexibility index (Phi) is 11.7. The normalized spacial score (nSPS) is 15.1. The predicted octanol–water partition coefficient (Wildman–Crippen LogP) is 4.76. The molecule has 13 heteroatoms. The number of aliphatic hydroxyl groups excluding tert-OH is 1. The van der Waals surface area contributed by atoms with E-state index >= 15 is 0 Å². The number of rotatable bonds is 14. The first-order valence-electron chi connectivity index (χ1n) is 14.4. The number of hydrogen-bond donors (Lipinski definition) is 4. The number of aryl methyl sites for hydroxylation is 1. The average molecular weight is 653 g/mol. The van der Waals surface area contributed by atoms with Gasteiger partial charge in [0, 0.05) is 5.70 Å². The molecular weight excluding hydrogens is 616 g/mol. The summed E-state index contributed by atoms with van der Waals surface area (Å²) in [5, 5.41) is 20.2. The first-order chi connectivity index (χ1) is 22.1. The molecule has 1 heterocycles. The van der Waals surface area contributed by atoms with Gasteiger partial charge in [0.15, 0.2) is 29.2 Å². The van der Waals surface area contributed by atoms with E-state index in [2.05, 4.69) is 21.2 Å². The van der Waals surface area contributed by atoms with Gasteiger partial charge in [-0.15, -0.1) is 0 Å². The number of nitrogens with zero attached hydrogens (tertiary/aromatic N) is 1. The maximum Gasteiger partial charge on any atom is 0.337 e. The van der Waals surface area contributed by atoms with Gasteiger partial charge in [-0.05, 0) is 61.7 Å². The SMILES string of the molecule is CCOc1cc([C@@H]2NC(=O)NC(C)=C2C(=O)OC)ccc1OC[C@H](O)N/N=C\c1cc(Cl)c(OCc2ccc(C)cc2)c(OC)c1. The number of carbonyl (C=O) groups is 2. The van der Waals surface area contributed by atoms with Gasteiger partial charge in [0.1, 0.15) is 13.2 Å². The fourth-order valence-corrected chi connectivity index (χ4v) is 4.89. The third-order valence-corrected chi connectivity index (χ3v) is 7.15. The van der Waals surface area contributed by atoms with E-state index in [-0.39, 0.29) is 12.2 Å². The molecule has 2 atom stereocenters. The maximum absolute atomic E-state index is 12.5. The standard InChI is InChI=1S/C33H37ClN4O8/c1-6-44-26-15-23(30-29(32(40)43-5)20(3)36-33(41)37-30)11-12-25(26)45-18-28(39)38-35-16-22-13-24(34)31(27(14-22)42-4)46-17-21-9-7-19(2)8-10-21/h7-16,28,30,38-39H,6,17-18H2,1-5H3,(H2,36,37,41)/b35-16-/t28-,30-/m0/s1. The lowest BCUT2D eigenvalue weighted by molar-refractivity contribution is -0.136. The van der Waals surface area contributed by atoms with Crippen LogP contribution in [0.25, 0.3) is 0 Å². The number of urea groups is 1. The van der Waals surface area contributed by atoms with Crippen molar-refractivity contribution in [2.75, 3.05) is 27.4 Å². The molecule has 0 saturated heterocycles. The zero-order valence-corrected chi connectivity index (χ0v) is 26.9. The van der Waals surface area contributed by atoms with Crippen LogP contribution < -0.4 is 35.0 Å². The Hall–Kier alpha value is -4.94. The Morgan fingerprint density at radius 3 is 2.50 bits per heavy atom. The minimum atomic E-state index is -1.18. The Morgan fingerprint density at radius 2 is 1.80 bits per heavy atom. The quantitative estimate of drug-likeness (QED) is 0.0837. The summed E-state index contributed by atoms with van der Waals surface area (Å²) in [6.07, 6.45) is 0.295. The number of ether oxygens (including phenoxy) is 5. The van der Waals surface area contributed by atoms with Crippen LogP contribution in [0.4, 0.5) is 4.79 Å². The van der Waals surface area contributed by atoms with Gasteiger partial charge in [0.05, 0.1) is 43.7 Å². The molecule has 12 nitrogen and oxygen atoms in total. The number of carbonyl (C=O) groups excluding carboxylic acids is 2. The number of methoxy groups -OCH3 is 2. The topological polar surface area (TPSA) is 149 Å². The molecule has 0 unspecified atom stereocenters. The van der Waals surface area contributed by atoms with Crippen molar-refractivity contribution in [3.63, 3.8) is 0 Å². The van der Waals surface area contributed by atoms with Gasteiger partial charge >= 0.3 is 12.0 Å². The molecule has 3 aromatic rings. The fraction of sp³-hybridized carbons (Fsp3) is 0.303. The Morgan fingerprint density at radius 1 is 1.04 bits per heavy atom. The molecule has 0 radical (unpaired) electrons. The van der Waals surface area contributed by atoms with E-state index in [0.717, 1.165) is 11.1 Å². The number of allylic oxidation sites excluding steroid dienone is 1. The van der Waals surface area contributed by atoms with Crippen LogP contribution in [0, 0.1) is 6.92 Å². The van der Waals surface area contributed by atoms with E-state index in [1.807, 2.05) is 38.1 Å². The highest BCUT2D eigenvalue weighted by Crippen LogP contribution is 2.37. The predicted molar refractivity (Wildman–Crippen MR) is 172 cm³/mol. The van der Waals surface area contributed by atoms with Gasteiger partial charge in [-0.1, -0.05) is 47.5 Å². The number of aliphatic hydroxyl groups is 1. The number of esters is 1. The molecule has 1 aliphatic rings.